The quantitative estimate of drug-likeness (QED) is 0.398. The van der Waals surface area contributed by atoms with Gasteiger partial charge >= 0.3 is 12.4 Å². The summed E-state index contributed by atoms with van der Waals surface area (Å²) in [5.41, 5.74) is 0.368. The van der Waals surface area contributed by atoms with Crippen molar-refractivity contribution in [1.82, 2.24) is 4.90 Å². The highest BCUT2D eigenvalue weighted by molar-refractivity contribution is 6.16. The molecule has 0 aromatic heterocycles. The maximum absolute atomic E-state index is 13.3. The maximum atomic E-state index is 13.3. The van der Waals surface area contributed by atoms with Crippen LogP contribution in [0.3, 0.4) is 0 Å². The molecule has 0 aliphatic carbocycles. The molecular formula is C24H19F6NO. The minimum absolute atomic E-state index is 0.153. The first-order chi connectivity index (χ1) is 14.9. The Balaban J connectivity index is 1.68. The summed E-state index contributed by atoms with van der Waals surface area (Å²) in [4.78, 5) is 15.3. The third kappa shape index (κ3) is 4.24. The molecule has 2 aliphatic rings. The van der Waals surface area contributed by atoms with Crippen LogP contribution in [0.25, 0.3) is 12.2 Å². The molecule has 2 atom stereocenters. The van der Waals surface area contributed by atoms with Crippen LogP contribution in [0.1, 0.15) is 35.1 Å². The van der Waals surface area contributed by atoms with E-state index in [9.17, 15) is 31.1 Å². The van der Waals surface area contributed by atoms with Crippen molar-refractivity contribution < 1.29 is 31.1 Å². The zero-order valence-electron chi connectivity index (χ0n) is 17.0. The molecule has 2 aromatic carbocycles. The molecule has 2 aromatic rings. The molecule has 2 heterocycles. The van der Waals surface area contributed by atoms with E-state index < -0.39 is 23.5 Å². The normalized spacial score (nSPS) is 24.5. The molecule has 2 saturated heterocycles. The number of alkyl halides is 6. The van der Waals surface area contributed by atoms with E-state index in [-0.39, 0.29) is 17.9 Å². The third-order valence-corrected chi connectivity index (χ3v) is 6.06. The molecule has 2 nitrogen and oxygen atoms in total. The second-order valence-corrected chi connectivity index (χ2v) is 8.04. The fourth-order valence-electron chi connectivity index (χ4n) is 4.38. The number of hydrogen-bond acceptors (Lipinski definition) is 2. The first kappa shape index (κ1) is 22.3. The van der Waals surface area contributed by atoms with Gasteiger partial charge in [0.05, 0.1) is 11.1 Å². The number of likely N-dealkylation sites (N-methyl/N-ethyl adjacent to an activating group) is 1. The van der Waals surface area contributed by atoms with Crippen molar-refractivity contribution in [3.8, 4) is 0 Å². The minimum atomic E-state index is -4.44. The zero-order valence-corrected chi connectivity index (χ0v) is 17.0. The van der Waals surface area contributed by atoms with Gasteiger partial charge in [0.15, 0.2) is 5.78 Å². The van der Waals surface area contributed by atoms with Crippen LogP contribution in [0, 0.1) is 0 Å². The van der Waals surface area contributed by atoms with Gasteiger partial charge in [-0.2, -0.15) is 26.3 Å². The number of nitrogens with zero attached hydrogens (tertiary/aromatic N) is 1. The Labute approximate surface area is 180 Å². The number of carbonyl (C=O) groups is 1. The molecule has 32 heavy (non-hydrogen) atoms. The van der Waals surface area contributed by atoms with Crippen LogP contribution >= 0.6 is 0 Å². The minimum Gasteiger partial charge on any atom is -0.292 e. The van der Waals surface area contributed by atoms with Gasteiger partial charge in [-0.1, -0.05) is 24.3 Å². The lowest BCUT2D eigenvalue weighted by Gasteiger charge is -2.34. The number of rotatable bonds is 2. The highest BCUT2D eigenvalue weighted by Gasteiger charge is 2.44. The van der Waals surface area contributed by atoms with Gasteiger partial charge in [-0.05, 0) is 67.4 Å². The molecule has 4 rings (SSSR count). The molecule has 0 N–H and O–H groups in total. The smallest absolute Gasteiger partial charge is 0.292 e. The van der Waals surface area contributed by atoms with Crippen LogP contribution in [-0.2, 0) is 17.1 Å². The van der Waals surface area contributed by atoms with E-state index in [1.54, 1.807) is 12.2 Å². The second kappa shape index (κ2) is 7.92. The molecule has 2 fully saturated rings. The topological polar surface area (TPSA) is 20.3 Å². The first-order valence-electron chi connectivity index (χ1n) is 9.99. The van der Waals surface area contributed by atoms with E-state index in [1.807, 2.05) is 11.9 Å². The van der Waals surface area contributed by atoms with Gasteiger partial charge in [-0.15, -0.1) is 0 Å². The van der Waals surface area contributed by atoms with Crippen LogP contribution in [-0.4, -0.2) is 29.8 Å². The fourth-order valence-corrected chi connectivity index (χ4v) is 4.38. The molecule has 2 bridgehead atoms. The van der Waals surface area contributed by atoms with Gasteiger partial charge in [0.25, 0.3) is 0 Å². The van der Waals surface area contributed by atoms with Crippen molar-refractivity contribution in [1.29, 1.82) is 0 Å². The molecule has 0 amide bonds. The number of halogens is 6. The second-order valence-electron chi connectivity index (χ2n) is 8.04. The van der Waals surface area contributed by atoms with Gasteiger partial charge in [0, 0.05) is 23.2 Å². The van der Waals surface area contributed by atoms with Crippen molar-refractivity contribution in [2.24, 2.45) is 0 Å². The summed E-state index contributed by atoms with van der Waals surface area (Å²) in [6.45, 7) is 0. The van der Waals surface area contributed by atoms with Crippen molar-refractivity contribution in [3.63, 3.8) is 0 Å². The van der Waals surface area contributed by atoms with Gasteiger partial charge in [0.1, 0.15) is 0 Å². The number of carbonyl (C=O) groups excluding carboxylic acids is 1. The molecule has 168 valence electrons. The van der Waals surface area contributed by atoms with Gasteiger partial charge < -0.3 is 0 Å². The Morgan fingerprint density at radius 2 is 1.06 bits per heavy atom. The molecule has 2 aliphatic heterocycles. The van der Waals surface area contributed by atoms with E-state index in [4.69, 9.17) is 0 Å². The lowest BCUT2D eigenvalue weighted by molar-refractivity contribution is -0.138. The Morgan fingerprint density at radius 1 is 0.719 bits per heavy atom. The molecule has 2 unspecified atom stereocenters. The van der Waals surface area contributed by atoms with Crippen molar-refractivity contribution in [3.05, 3.63) is 81.9 Å². The molecule has 0 spiro atoms. The van der Waals surface area contributed by atoms with Crippen LogP contribution in [0.15, 0.2) is 59.7 Å². The lowest BCUT2D eigenvalue weighted by atomic mass is 9.88. The predicted molar refractivity (Wildman–Crippen MR) is 108 cm³/mol. The summed E-state index contributed by atoms with van der Waals surface area (Å²) in [7, 11) is 1.87. The lowest BCUT2D eigenvalue weighted by Crippen LogP contribution is -2.43. The standard InChI is InChI=1S/C24H19F6NO/c1-31-20-10-11-21(31)19(13-15-4-8-17(9-5-15)24(28,29)30)22(32)18(20)12-14-2-6-16(7-3-14)23(25,26)27/h2-9,12-13,20-21H,10-11H2,1H3. The Kier molecular flexibility index (Phi) is 5.53. The van der Waals surface area contributed by atoms with E-state index in [2.05, 4.69) is 0 Å². The largest absolute Gasteiger partial charge is 0.416 e. The summed E-state index contributed by atoms with van der Waals surface area (Å²) >= 11 is 0. The van der Waals surface area contributed by atoms with E-state index in [0.717, 1.165) is 24.3 Å². The number of Topliss-reactive ketones (excluding diaryl/α,β-unsaturated/α-hetero) is 1. The average Bonchev–Trinajstić information content (AvgIpc) is 3.03. The molecule has 0 radical (unpaired) electrons. The number of benzene rings is 2. The molecule has 0 saturated carbocycles. The van der Waals surface area contributed by atoms with Gasteiger partial charge in [0.2, 0.25) is 0 Å². The maximum Gasteiger partial charge on any atom is 0.416 e. The highest BCUT2D eigenvalue weighted by atomic mass is 19.4. The van der Waals surface area contributed by atoms with E-state index in [1.165, 1.54) is 24.3 Å². The third-order valence-electron chi connectivity index (χ3n) is 6.06. The number of piperidine rings is 1. The summed E-state index contributed by atoms with van der Waals surface area (Å²) in [5.74, 6) is -0.226. The van der Waals surface area contributed by atoms with Crippen LogP contribution < -0.4 is 0 Å². The Hall–Kier alpha value is -2.87. The van der Waals surface area contributed by atoms with Gasteiger partial charge in [-0.25, -0.2) is 0 Å². The van der Waals surface area contributed by atoms with Crippen LogP contribution in [0.4, 0.5) is 26.3 Å². The Morgan fingerprint density at radius 3 is 1.38 bits per heavy atom. The number of ketones is 1. The van der Waals surface area contributed by atoms with Crippen molar-refractivity contribution in [2.75, 3.05) is 7.05 Å². The monoisotopic (exact) mass is 451 g/mol. The van der Waals surface area contributed by atoms with Crippen LogP contribution in [0.5, 0.6) is 0 Å². The summed E-state index contributed by atoms with van der Waals surface area (Å²) in [6.07, 6.45) is -4.25. The molecule has 8 heteroatoms. The first-order valence-corrected chi connectivity index (χ1v) is 9.99. The van der Waals surface area contributed by atoms with Crippen molar-refractivity contribution in [2.45, 2.75) is 37.3 Å². The Bertz CT molecular complexity index is 992. The SMILES string of the molecule is CN1C2CCC1C(=Cc1ccc(C(F)(F)F)cc1)C(=O)C2=Cc1ccc(C(F)(F)F)cc1. The highest BCUT2D eigenvalue weighted by Crippen LogP contribution is 2.40. The summed E-state index contributed by atoms with van der Waals surface area (Å²) in [5, 5.41) is 0. The van der Waals surface area contributed by atoms with Gasteiger partial charge in [-0.3, -0.25) is 9.69 Å². The van der Waals surface area contributed by atoms with E-state index in [0.29, 0.717) is 35.1 Å². The van der Waals surface area contributed by atoms with E-state index >= 15 is 0 Å². The number of hydrogen-bond donors (Lipinski definition) is 0. The fraction of sp³-hybridized carbons (Fsp3) is 0.292. The summed E-state index contributed by atoms with van der Waals surface area (Å²) in [6, 6.07) is 8.87. The number of fused-ring (bicyclic) bond motifs is 2. The van der Waals surface area contributed by atoms with Crippen molar-refractivity contribution >= 4 is 17.9 Å². The predicted octanol–water partition coefficient (Wildman–Crippen LogP) is 6.24. The van der Waals surface area contributed by atoms with Crippen LogP contribution in [0.2, 0.25) is 0 Å². The zero-order chi connectivity index (χ0) is 23.3. The summed E-state index contributed by atoms with van der Waals surface area (Å²) < 4.78 is 76.9. The average molecular weight is 451 g/mol. The molecular weight excluding hydrogens is 432 g/mol.